The molecule has 2 nitrogen and oxygen atoms in total. The third kappa shape index (κ3) is 1.48. The lowest BCUT2D eigenvalue weighted by atomic mass is 9.96. The summed E-state index contributed by atoms with van der Waals surface area (Å²) >= 11 is 0. The number of hydrogen-bond donors (Lipinski definition) is 0. The SMILES string of the molecule is COc1ccc2c3c1CCCN3CCCC2. The Morgan fingerprint density at radius 1 is 1.06 bits per heavy atom. The molecule has 2 aliphatic heterocycles. The maximum atomic E-state index is 5.50. The van der Waals surface area contributed by atoms with Crippen molar-refractivity contribution in [3.63, 3.8) is 0 Å². The summed E-state index contributed by atoms with van der Waals surface area (Å²) in [6.45, 7) is 2.46. The van der Waals surface area contributed by atoms with Crippen molar-refractivity contribution in [3.05, 3.63) is 23.3 Å². The highest BCUT2D eigenvalue weighted by Crippen LogP contribution is 2.39. The lowest BCUT2D eigenvalue weighted by Gasteiger charge is -2.32. The predicted molar refractivity (Wildman–Crippen MR) is 66.5 cm³/mol. The summed E-state index contributed by atoms with van der Waals surface area (Å²) < 4.78 is 5.50. The lowest BCUT2D eigenvalue weighted by molar-refractivity contribution is 0.407. The molecule has 86 valence electrons. The quantitative estimate of drug-likeness (QED) is 0.717. The first-order chi connectivity index (χ1) is 7.90. The fraction of sp³-hybridized carbons (Fsp3) is 0.571. The van der Waals surface area contributed by atoms with Crippen LogP contribution >= 0.6 is 0 Å². The maximum Gasteiger partial charge on any atom is 0.124 e. The van der Waals surface area contributed by atoms with Gasteiger partial charge in [-0.2, -0.15) is 0 Å². The van der Waals surface area contributed by atoms with E-state index in [1.54, 1.807) is 7.11 Å². The van der Waals surface area contributed by atoms with Gasteiger partial charge in [-0.15, -0.1) is 0 Å². The molecule has 0 aromatic heterocycles. The van der Waals surface area contributed by atoms with Crippen LogP contribution in [-0.4, -0.2) is 20.2 Å². The number of benzene rings is 1. The van der Waals surface area contributed by atoms with Gasteiger partial charge in [-0.25, -0.2) is 0 Å². The molecule has 0 saturated carbocycles. The van der Waals surface area contributed by atoms with Crippen molar-refractivity contribution in [1.82, 2.24) is 0 Å². The van der Waals surface area contributed by atoms with E-state index in [0.717, 1.165) is 5.75 Å². The zero-order valence-corrected chi connectivity index (χ0v) is 9.96. The Hall–Kier alpha value is -1.18. The normalized spacial score (nSPS) is 18.9. The molecule has 0 radical (unpaired) electrons. The highest BCUT2D eigenvalue weighted by molar-refractivity contribution is 5.66. The Labute approximate surface area is 97.2 Å². The Bertz CT molecular complexity index is 400. The second-order valence-corrected chi connectivity index (χ2v) is 4.80. The highest BCUT2D eigenvalue weighted by Gasteiger charge is 2.24. The van der Waals surface area contributed by atoms with E-state index >= 15 is 0 Å². The van der Waals surface area contributed by atoms with Gasteiger partial charge in [0.05, 0.1) is 7.11 Å². The lowest BCUT2D eigenvalue weighted by Crippen LogP contribution is -2.30. The Balaban J connectivity index is 2.16. The summed E-state index contributed by atoms with van der Waals surface area (Å²) in [5.74, 6) is 1.09. The van der Waals surface area contributed by atoms with Crippen LogP contribution in [-0.2, 0) is 12.8 Å². The molecule has 16 heavy (non-hydrogen) atoms. The van der Waals surface area contributed by atoms with Crippen molar-refractivity contribution >= 4 is 5.69 Å². The molecule has 2 heterocycles. The minimum Gasteiger partial charge on any atom is -0.496 e. The topological polar surface area (TPSA) is 12.5 Å². The van der Waals surface area contributed by atoms with E-state index in [1.807, 2.05) is 0 Å². The molecule has 0 aliphatic carbocycles. The van der Waals surface area contributed by atoms with Gasteiger partial charge in [0.2, 0.25) is 0 Å². The van der Waals surface area contributed by atoms with E-state index in [9.17, 15) is 0 Å². The molecule has 0 amide bonds. The molecule has 0 spiro atoms. The van der Waals surface area contributed by atoms with E-state index in [4.69, 9.17) is 4.74 Å². The van der Waals surface area contributed by atoms with Gasteiger partial charge in [-0.05, 0) is 43.7 Å². The first kappa shape index (κ1) is 10.0. The standard InChI is InChI=1S/C14H19NO/c1-16-13-8-7-11-5-2-3-9-15-10-4-6-12(13)14(11)15/h7-8H,2-6,9-10H2,1H3. The molecule has 1 aromatic carbocycles. The fourth-order valence-electron chi connectivity index (χ4n) is 3.10. The number of aryl methyl sites for hydroxylation is 1. The van der Waals surface area contributed by atoms with Gasteiger partial charge in [0.15, 0.2) is 0 Å². The third-order valence-corrected chi connectivity index (χ3v) is 3.84. The minimum absolute atomic E-state index is 1.09. The molecule has 0 atom stereocenters. The molecular weight excluding hydrogens is 198 g/mol. The first-order valence-electron chi connectivity index (χ1n) is 6.34. The molecule has 0 unspecified atom stereocenters. The smallest absolute Gasteiger partial charge is 0.124 e. The highest BCUT2D eigenvalue weighted by atomic mass is 16.5. The van der Waals surface area contributed by atoms with Crippen molar-refractivity contribution in [1.29, 1.82) is 0 Å². The first-order valence-corrected chi connectivity index (χ1v) is 6.34. The summed E-state index contributed by atoms with van der Waals surface area (Å²) in [7, 11) is 1.79. The fourth-order valence-corrected chi connectivity index (χ4v) is 3.10. The number of methoxy groups -OCH3 is 1. The monoisotopic (exact) mass is 217 g/mol. The summed E-state index contributed by atoms with van der Waals surface area (Å²) in [4.78, 5) is 2.57. The van der Waals surface area contributed by atoms with E-state index < -0.39 is 0 Å². The zero-order chi connectivity index (χ0) is 11.0. The summed E-state index contributed by atoms with van der Waals surface area (Å²) in [5, 5.41) is 0. The molecular formula is C14H19NO. The van der Waals surface area contributed by atoms with E-state index in [1.165, 1.54) is 62.0 Å². The van der Waals surface area contributed by atoms with Gasteiger partial charge in [0.25, 0.3) is 0 Å². The molecule has 0 bridgehead atoms. The van der Waals surface area contributed by atoms with Gasteiger partial charge in [-0.3, -0.25) is 0 Å². The van der Waals surface area contributed by atoms with E-state index in [-0.39, 0.29) is 0 Å². The van der Waals surface area contributed by atoms with Gasteiger partial charge >= 0.3 is 0 Å². The van der Waals surface area contributed by atoms with Gasteiger partial charge in [0, 0.05) is 24.3 Å². The van der Waals surface area contributed by atoms with Crippen LogP contribution < -0.4 is 9.64 Å². The van der Waals surface area contributed by atoms with Crippen LogP contribution in [0.5, 0.6) is 5.75 Å². The summed E-state index contributed by atoms with van der Waals surface area (Å²) in [6, 6.07) is 4.42. The zero-order valence-electron chi connectivity index (χ0n) is 9.96. The average Bonchev–Trinajstić information content (AvgIpc) is 2.54. The van der Waals surface area contributed by atoms with Gasteiger partial charge in [0.1, 0.15) is 5.75 Å². The van der Waals surface area contributed by atoms with Crippen molar-refractivity contribution in [3.8, 4) is 5.75 Å². The van der Waals surface area contributed by atoms with Crippen molar-refractivity contribution in [2.24, 2.45) is 0 Å². The molecule has 2 heteroatoms. The Morgan fingerprint density at radius 3 is 2.81 bits per heavy atom. The molecule has 2 aliphatic rings. The molecule has 0 fully saturated rings. The molecule has 0 saturated heterocycles. The Kier molecular flexibility index (Phi) is 2.50. The van der Waals surface area contributed by atoms with Gasteiger partial charge < -0.3 is 9.64 Å². The average molecular weight is 217 g/mol. The van der Waals surface area contributed by atoms with Crippen LogP contribution in [0.2, 0.25) is 0 Å². The summed E-state index contributed by atoms with van der Waals surface area (Å²) in [6.07, 6.45) is 6.35. The van der Waals surface area contributed by atoms with Crippen molar-refractivity contribution in [2.75, 3.05) is 25.1 Å². The Morgan fingerprint density at radius 2 is 1.94 bits per heavy atom. The van der Waals surface area contributed by atoms with E-state index in [0.29, 0.717) is 0 Å². The predicted octanol–water partition coefficient (Wildman–Crippen LogP) is 2.78. The molecule has 0 N–H and O–H groups in total. The third-order valence-electron chi connectivity index (χ3n) is 3.84. The minimum atomic E-state index is 1.09. The summed E-state index contributed by atoms with van der Waals surface area (Å²) in [5.41, 5.74) is 4.49. The second kappa shape index (κ2) is 4.00. The van der Waals surface area contributed by atoms with Gasteiger partial charge in [-0.1, -0.05) is 6.07 Å². The van der Waals surface area contributed by atoms with Crippen LogP contribution in [0.25, 0.3) is 0 Å². The number of ether oxygens (including phenoxy) is 1. The van der Waals surface area contributed by atoms with Crippen LogP contribution in [0.4, 0.5) is 5.69 Å². The van der Waals surface area contributed by atoms with Crippen LogP contribution in [0, 0.1) is 0 Å². The molecule has 3 rings (SSSR count). The number of anilines is 1. The molecule has 1 aromatic rings. The maximum absolute atomic E-state index is 5.50. The number of hydrogen-bond acceptors (Lipinski definition) is 2. The van der Waals surface area contributed by atoms with Crippen LogP contribution in [0.15, 0.2) is 12.1 Å². The second-order valence-electron chi connectivity index (χ2n) is 4.80. The van der Waals surface area contributed by atoms with Crippen molar-refractivity contribution < 1.29 is 4.74 Å². The van der Waals surface area contributed by atoms with Crippen molar-refractivity contribution in [2.45, 2.75) is 32.1 Å². The number of nitrogens with zero attached hydrogens (tertiary/aromatic N) is 1. The van der Waals surface area contributed by atoms with Crippen LogP contribution in [0.3, 0.4) is 0 Å². The number of rotatable bonds is 1. The van der Waals surface area contributed by atoms with Crippen LogP contribution in [0.1, 0.15) is 30.4 Å². The largest absolute Gasteiger partial charge is 0.496 e. The van der Waals surface area contributed by atoms with E-state index in [2.05, 4.69) is 17.0 Å².